The highest BCUT2D eigenvalue weighted by atomic mass is 35.5. The molecule has 18 heavy (non-hydrogen) atoms. The van der Waals surface area contributed by atoms with Crippen molar-refractivity contribution in [1.29, 1.82) is 0 Å². The number of amides is 1. The molecule has 4 nitrogen and oxygen atoms in total. The molecule has 1 aliphatic rings. The van der Waals surface area contributed by atoms with E-state index in [9.17, 15) is 9.59 Å². The van der Waals surface area contributed by atoms with Crippen LogP contribution >= 0.6 is 22.9 Å². The predicted molar refractivity (Wildman–Crippen MR) is 72.0 cm³/mol. The molecule has 1 aromatic rings. The number of rotatable bonds is 4. The van der Waals surface area contributed by atoms with Crippen LogP contribution in [0.15, 0.2) is 12.1 Å². The Bertz CT molecular complexity index is 488. The lowest BCUT2D eigenvalue weighted by Crippen LogP contribution is -2.38. The quantitative estimate of drug-likeness (QED) is 0.858. The summed E-state index contributed by atoms with van der Waals surface area (Å²) < 4.78 is 0.613. The van der Waals surface area contributed by atoms with Gasteiger partial charge in [0.05, 0.1) is 21.2 Å². The van der Waals surface area contributed by atoms with Gasteiger partial charge in [0.2, 0.25) is 5.91 Å². The number of nitrogens with two attached hydrogens (primary N) is 1. The molecule has 98 valence electrons. The van der Waals surface area contributed by atoms with E-state index in [-0.39, 0.29) is 11.7 Å². The van der Waals surface area contributed by atoms with Crippen LogP contribution in [0.25, 0.3) is 0 Å². The van der Waals surface area contributed by atoms with Crippen LogP contribution in [0.5, 0.6) is 0 Å². The number of carbonyl (C=O) groups excluding carboxylic acids is 2. The molecule has 1 atom stereocenters. The van der Waals surface area contributed by atoms with Crippen LogP contribution in [-0.2, 0) is 4.79 Å². The van der Waals surface area contributed by atoms with E-state index in [0.717, 1.165) is 6.54 Å². The van der Waals surface area contributed by atoms with Crippen LogP contribution in [0.4, 0.5) is 0 Å². The summed E-state index contributed by atoms with van der Waals surface area (Å²) in [6.07, 6.45) is 0.709. The van der Waals surface area contributed by atoms with Crippen LogP contribution in [0.2, 0.25) is 4.34 Å². The minimum atomic E-state index is -0.507. The van der Waals surface area contributed by atoms with Crippen molar-refractivity contribution in [3.63, 3.8) is 0 Å². The molecule has 0 radical (unpaired) electrons. The maximum atomic E-state index is 12.0. The minimum Gasteiger partial charge on any atom is -0.369 e. The third-order valence-electron chi connectivity index (χ3n) is 3.36. The number of likely N-dealkylation sites (tertiary alicyclic amines) is 1. The van der Waals surface area contributed by atoms with Crippen molar-refractivity contribution < 1.29 is 9.59 Å². The third-order valence-corrected chi connectivity index (χ3v) is 4.63. The van der Waals surface area contributed by atoms with E-state index >= 15 is 0 Å². The first-order valence-corrected chi connectivity index (χ1v) is 6.91. The average Bonchev–Trinajstić information content (AvgIpc) is 2.86. The Morgan fingerprint density at radius 1 is 1.56 bits per heavy atom. The number of nitrogens with zero attached hydrogens (tertiary/aromatic N) is 1. The summed E-state index contributed by atoms with van der Waals surface area (Å²) in [5.41, 5.74) is 4.87. The second-order valence-corrected chi connectivity index (χ2v) is 6.63. The first-order chi connectivity index (χ1) is 8.40. The number of Topliss-reactive ketones (excluding diaryl/α,β-unsaturated/α-hetero) is 1. The zero-order valence-corrected chi connectivity index (χ0v) is 11.7. The Kier molecular flexibility index (Phi) is 3.75. The first-order valence-electron chi connectivity index (χ1n) is 5.71. The second kappa shape index (κ2) is 4.99. The molecule has 1 unspecified atom stereocenters. The van der Waals surface area contributed by atoms with E-state index < -0.39 is 5.41 Å². The number of thiophene rings is 1. The number of primary amides is 1. The smallest absolute Gasteiger partial charge is 0.224 e. The van der Waals surface area contributed by atoms with Crippen LogP contribution in [0.1, 0.15) is 23.0 Å². The third kappa shape index (κ3) is 2.74. The zero-order chi connectivity index (χ0) is 13.3. The van der Waals surface area contributed by atoms with E-state index in [2.05, 4.69) is 0 Å². The average molecular weight is 287 g/mol. The highest BCUT2D eigenvalue weighted by Gasteiger charge is 2.39. The molecule has 1 saturated heterocycles. The Morgan fingerprint density at radius 2 is 2.28 bits per heavy atom. The lowest BCUT2D eigenvalue weighted by Gasteiger charge is -2.20. The van der Waals surface area contributed by atoms with Gasteiger partial charge in [-0.15, -0.1) is 11.3 Å². The van der Waals surface area contributed by atoms with Crippen LogP contribution in [0.3, 0.4) is 0 Å². The van der Waals surface area contributed by atoms with Gasteiger partial charge in [-0.25, -0.2) is 0 Å². The largest absolute Gasteiger partial charge is 0.369 e. The summed E-state index contributed by atoms with van der Waals surface area (Å²) in [6.45, 7) is 3.44. The van der Waals surface area contributed by atoms with Gasteiger partial charge in [-0.3, -0.25) is 14.5 Å². The van der Waals surface area contributed by atoms with Gasteiger partial charge >= 0.3 is 0 Å². The number of hydrogen-bond acceptors (Lipinski definition) is 4. The molecular weight excluding hydrogens is 272 g/mol. The fraction of sp³-hybridized carbons (Fsp3) is 0.500. The molecule has 0 aromatic carbocycles. The Balaban J connectivity index is 1.96. The van der Waals surface area contributed by atoms with Gasteiger partial charge < -0.3 is 5.73 Å². The summed E-state index contributed by atoms with van der Waals surface area (Å²) in [5, 5.41) is 0. The number of halogens is 1. The fourth-order valence-corrected chi connectivity index (χ4v) is 3.11. The first kappa shape index (κ1) is 13.5. The number of ketones is 1. The van der Waals surface area contributed by atoms with Gasteiger partial charge in [-0.05, 0) is 32.0 Å². The van der Waals surface area contributed by atoms with E-state index in [4.69, 9.17) is 17.3 Å². The van der Waals surface area contributed by atoms with Crippen LogP contribution < -0.4 is 5.73 Å². The Hall–Kier alpha value is -0.910. The molecule has 6 heteroatoms. The van der Waals surface area contributed by atoms with Gasteiger partial charge in [-0.1, -0.05) is 11.6 Å². The van der Waals surface area contributed by atoms with Crippen molar-refractivity contribution in [2.45, 2.75) is 13.3 Å². The zero-order valence-electron chi connectivity index (χ0n) is 10.1. The molecule has 1 aliphatic heterocycles. The van der Waals surface area contributed by atoms with Crippen molar-refractivity contribution in [2.75, 3.05) is 19.6 Å². The number of hydrogen-bond donors (Lipinski definition) is 1. The molecule has 1 aromatic heterocycles. The Labute approximate surface area is 115 Å². The van der Waals surface area contributed by atoms with Gasteiger partial charge in [0, 0.05) is 6.54 Å². The van der Waals surface area contributed by atoms with E-state index in [1.54, 1.807) is 12.1 Å². The fourth-order valence-electron chi connectivity index (χ4n) is 2.14. The van der Waals surface area contributed by atoms with Crippen molar-refractivity contribution in [1.82, 2.24) is 4.90 Å². The molecular formula is C12H15ClN2O2S. The topological polar surface area (TPSA) is 63.4 Å². The van der Waals surface area contributed by atoms with Crippen molar-refractivity contribution in [3.05, 3.63) is 21.3 Å². The van der Waals surface area contributed by atoms with Crippen LogP contribution in [0, 0.1) is 5.41 Å². The molecule has 1 amide bonds. The van der Waals surface area contributed by atoms with Gasteiger partial charge in [0.1, 0.15) is 0 Å². The molecule has 0 bridgehead atoms. The van der Waals surface area contributed by atoms with E-state index in [0.29, 0.717) is 28.7 Å². The molecule has 2 N–H and O–H groups in total. The van der Waals surface area contributed by atoms with Gasteiger partial charge in [0.15, 0.2) is 5.78 Å². The molecule has 1 fully saturated rings. The predicted octanol–water partition coefficient (Wildman–Crippen LogP) is 1.78. The molecule has 0 saturated carbocycles. The Morgan fingerprint density at radius 3 is 2.78 bits per heavy atom. The molecule has 0 spiro atoms. The highest BCUT2D eigenvalue weighted by Crippen LogP contribution is 2.30. The SMILES string of the molecule is CC1(C(N)=O)CCN(CC(=O)c2ccc(Cl)s2)C1. The number of carbonyl (C=O) groups is 2. The lowest BCUT2D eigenvalue weighted by molar-refractivity contribution is -0.126. The standard InChI is InChI=1S/C12H15ClN2O2S/c1-12(11(14)17)4-5-15(7-12)6-8(16)9-2-3-10(13)18-9/h2-3H,4-7H2,1H3,(H2,14,17). The van der Waals surface area contributed by atoms with Crippen molar-refractivity contribution in [3.8, 4) is 0 Å². The van der Waals surface area contributed by atoms with Crippen molar-refractivity contribution >= 4 is 34.6 Å². The van der Waals surface area contributed by atoms with Crippen molar-refractivity contribution in [2.24, 2.45) is 11.1 Å². The van der Waals surface area contributed by atoms with E-state index in [1.165, 1.54) is 11.3 Å². The van der Waals surface area contributed by atoms with E-state index in [1.807, 2.05) is 11.8 Å². The van der Waals surface area contributed by atoms with Gasteiger partial charge in [-0.2, -0.15) is 0 Å². The normalized spacial score (nSPS) is 24.3. The van der Waals surface area contributed by atoms with Gasteiger partial charge in [0.25, 0.3) is 0 Å². The molecule has 2 heterocycles. The summed E-state index contributed by atoms with van der Waals surface area (Å²) in [6, 6.07) is 3.45. The summed E-state index contributed by atoms with van der Waals surface area (Å²) in [5.74, 6) is -0.253. The monoisotopic (exact) mass is 286 g/mol. The molecule has 2 rings (SSSR count). The maximum Gasteiger partial charge on any atom is 0.224 e. The summed E-state index contributed by atoms with van der Waals surface area (Å²) in [7, 11) is 0. The van der Waals surface area contributed by atoms with Crippen LogP contribution in [-0.4, -0.2) is 36.2 Å². The highest BCUT2D eigenvalue weighted by molar-refractivity contribution is 7.18. The molecule has 0 aliphatic carbocycles. The second-order valence-electron chi connectivity index (χ2n) is 4.91. The lowest BCUT2D eigenvalue weighted by atomic mass is 9.89. The summed E-state index contributed by atoms with van der Waals surface area (Å²) in [4.78, 5) is 25.9. The maximum absolute atomic E-state index is 12.0. The summed E-state index contributed by atoms with van der Waals surface area (Å²) >= 11 is 7.08. The minimum absolute atomic E-state index is 0.0422.